The van der Waals surface area contributed by atoms with E-state index in [0.29, 0.717) is 5.41 Å². The first kappa shape index (κ1) is 23.4. The molecule has 0 heterocycles. The van der Waals surface area contributed by atoms with Crippen molar-refractivity contribution in [3.05, 3.63) is 65.7 Å². The van der Waals surface area contributed by atoms with Crippen LogP contribution in [0, 0.1) is 17.8 Å². The van der Waals surface area contributed by atoms with Gasteiger partial charge in [-0.25, -0.2) is 4.79 Å². The van der Waals surface area contributed by atoms with E-state index in [2.05, 4.69) is 28.1 Å². The van der Waals surface area contributed by atoms with Crippen molar-refractivity contribution in [1.82, 2.24) is 10.6 Å². The minimum atomic E-state index is -0.687. The summed E-state index contributed by atoms with van der Waals surface area (Å²) in [5.74, 6) is 1.90. The predicted molar refractivity (Wildman–Crippen MR) is 133 cm³/mol. The fourth-order valence-electron chi connectivity index (χ4n) is 6.74. The Hall–Kier alpha value is -3.35. The minimum absolute atomic E-state index is 0.123. The molecule has 4 bridgehead atoms. The summed E-state index contributed by atoms with van der Waals surface area (Å²) in [6.07, 6.45) is 7.50. The highest BCUT2D eigenvalue weighted by molar-refractivity contribution is 5.95. The van der Waals surface area contributed by atoms with E-state index in [1.807, 2.05) is 42.5 Å². The minimum Gasteiger partial charge on any atom is -0.445 e. The zero-order chi connectivity index (χ0) is 24.3. The summed E-state index contributed by atoms with van der Waals surface area (Å²) in [4.78, 5) is 36.0. The average molecular weight is 476 g/mol. The predicted octanol–water partition coefficient (Wildman–Crippen LogP) is 4.14. The second-order valence-electron chi connectivity index (χ2n) is 10.5. The monoisotopic (exact) mass is 475 g/mol. The Labute approximate surface area is 206 Å². The van der Waals surface area contributed by atoms with Gasteiger partial charge in [0.05, 0.1) is 6.54 Å². The number of anilines is 1. The summed E-state index contributed by atoms with van der Waals surface area (Å²) in [7, 11) is 0. The van der Waals surface area contributed by atoms with E-state index in [4.69, 9.17) is 4.74 Å². The second-order valence-corrected chi connectivity index (χ2v) is 10.5. The first-order valence-corrected chi connectivity index (χ1v) is 12.6. The van der Waals surface area contributed by atoms with Gasteiger partial charge in [-0.2, -0.15) is 0 Å². The third kappa shape index (κ3) is 5.66. The van der Waals surface area contributed by atoms with Crippen molar-refractivity contribution in [3.63, 3.8) is 0 Å². The molecule has 4 aliphatic rings. The van der Waals surface area contributed by atoms with Gasteiger partial charge in [0, 0.05) is 5.69 Å². The molecular formula is C28H33N3O4. The molecule has 3 N–H and O–H groups in total. The number of amides is 3. The van der Waals surface area contributed by atoms with Crippen LogP contribution in [0.5, 0.6) is 0 Å². The Balaban J connectivity index is 1.03. The SMILES string of the molecule is O=C(CNC(=O)OCc1ccccc1)NCC(=O)Nc1ccc(C23CC4CC(CC(C4)C2)C3)cc1. The third-order valence-electron chi connectivity index (χ3n) is 7.87. The van der Waals surface area contributed by atoms with Crippen LogP contribution in [0.2, 0.25) is 0 Å². The summed E-state index contributed by atoms with van der Waals surface area (Å²) >= 11 is 0. The number of benzene rings is 2. The lowest BCUT2D eigenvalue weighted by Gasteiger charge is -2.57. The summed E-state index contributed by atoms with van der Waals surface area (Å²) in [5, 5.41) is 7.73. The van der Waals surface area contributed by atoms with Crippen LogP contribution in [0.1, 0.15) is 49.7 Å². The van der Waals surface area contributed by atoms with Gasteiger partial charge in [-0.15, -0.1) is 0 Å². The maximum atomic E-state index is 12.3. The number of ether oxygens (including phenoxy) is 1. The van der Waals surface area contributed by atoms with E-state index >= 15 is 0 Å². The standard InChI is InChI=1S/C28H33N3O4/c32-25(16-30-27(34)35-18-19-4-2-1-3-5-19)29-17-26(33)31-24-8-6-23(7-9-24)28-13-20-10-21(14-28)12-22(11-20)15-28/h1-9,20-22H,10-18H2,(H,29,32)(H,30,34)(H,31,33). The highest BCUT2D eigenvalue weighted by Gasteiger charge is 2.51. The summed E-state index contributed by atoms with van der Waals surface area (Å²) in [6.45, 7) is -0.310. The molecular weight excluding hydrogens is 442 g/mol. The van der Waals surface area contributed by atoms with Gasteiger partial charge in [-0.1, -0.05) is 42.5 Å². The number of carbonyl (C=O) groups excluding carboxylic acids is 3. The number of hydrogen-bond acceptors (Lipinski definition) is 4. The smallest absolute Gasteiger partial charge is 0.407 e. The molecule has 6 rings (SSSR count). The molecule has 0 aliphatic heterocycles. The van der Waals surface area contributed by atoms with Gasteiger partial charge >= 0.3 is 6.09 Å². The van der Waals surface area contributed by atoms with Gasteiger partial charge < -0.3 is 20.7 Å². The van der Waals surface area contributed by atoms with Crippen LogP contribution in [0.15, 0.2) is 54.6 Å². The van der Waals surface area contributed by atoms with Crippen molar-refractivity contribution in [2.24, 2.45) is 17.8 Å². The molecule has 0 spiro atoms. The molecule has 0 radical (unpaired) electrons. The van der Waals surface area contributed by atoms with Crippen LogP contribution in [-0.4, -0.2) is 31.0 Å². The fourth-order valence-corrected chi connectivity index (χ4v) is 6.74. The Morgan fingerprint density at radius 2 is 1.37 bits per heavy atom. The third-order valence-corrected chi connectivity index (χ3v) is 7.87. The van der Waals surface area contributed by atoms with Gasteiger partial charge in [0.1, 0.15) is 13.2 Å². The molecule has 3 amide bonds. The zero-order valence-electron chi connectivity index (χ0n) is 19.9. The van der Waals surface area contributed by atoms with Crippen LogP contribution in [0.4, 0.5) is 10.5 Å². The van der Waals surface area contributed by atoms with E-state index in [-0.39, 0.29) is 25.6 Å². The van der Waals surface area contributed by atoms with Crippen LogP contribution < -0.4 is 16.0 Å². The number of rotatable bonds is 8. The van der Waals surface area contributed by atoms with Crippen molar-refractivity contribution in [2.75, 3.05) is 18.4 Å². The normalized spacial score (nSPS) is 26.1. The van der Waals surface area contributed by atoms with Crippen molar-refractivity contribution < 1.29 is 19.1 Å². The molecule has 2 aromatic rings. The van der Waals surface area contributed by atoms with E-state index in [9.17, 15) is 14.4 Å². The Kier molecular flexibility index (Phi) is 6.75. The Bertz CT molecular complexity index is 1030. The number of nitrogens with one attached hydrogen (secondary N) is 3. The lowest BCUT2D eigenvalue weighted by atomic mass is 9.48. The Morgan fingerprint density at radius 1 is 0.771 bits per heavy atom. The number of alkyl carbamates (subject to hydrolysis) is 1. The van der Waals surface area contributed by atoms with Crippen molar-refractivity contribution >= 4 is 23.6 Å². The molecule has 7 heteroatoms. The van der Waals surface area contributed by atoms with Crippen LogP contribution in [0.3, 0.4) is 0 Å². The van der Waals surface area contributed by atoms with Gasteiger partial charge in [0.15, 0.2) is 0 Å². The van der Waals surface area contributed by atoms with Gasteiger partial charge in [-0.3, -0.25) is 9.59 Å². The molecule has 4 aliphatic carbocycles. The molecule has 4 saturated carbocycles. The summed E-state index contributed by atoms with van der Waals surface area (Å²) in [6, 6.07) is 17.6. The summed E-state index contributed by atoms with van der Waals surface area (Å²) < 4.78 is 5.06. The lowest BCUT2D eigenvalue weighted by molar-refractivity contribution is -0.123. The van der Waals surface area contributed by atoms with Crippen LogP contribution >= 0.6 is 0 Å². The Morgan fingerprint density at radius 3 is 2.00 bits per heavy atom. The van der Waals surface area contributed by atoms with Crippen molar-refractivity contribution in [1.29, 1.82) is 0 Å². The largest absolute Gasteiger partial charge is 0.445 e. The number of carbonyl (C=O) groups is 3. The van der Waals surface area contributed by atoms with Crippen LogP contribution in [0.25, 0.3) is 0 Å². The molecule has 0 atom stereocenters. The van der Waals surface area contributed by atoms with Gasteiger partial charge in [0.25, 0.3) is 0 Å². The summed E-state index contributed by atoms with van der Waals surface area (Å²) in [5.41, 5.74) is 3.32. The molecule has 4 fully saturated rings. The van der Waals surface area contributed by atoms with Crippen molar-refractivity contribution in [2.45, 2.75) is 50.5 Å². The first-order valence-electron chi connectivity index (χ1n) is 12.6. The molecule has 0 aromatic heterocycles. The molecule has 2 aromatic carbocycles. The lowest BCUT2D eigenvalue weighted by Crippen LogP contribution is -2.48. The molecule has 7 nitrogen and oxygen atoms in total. The maximum absolute atomic E-state index is 12.3. The van der Waals surface area contributed by atoms with Crippen LogP contribution in [-0.2, 0) is 26.3 Å². The van der Waals surface area contributed by atoms with E-state index in [0.717, 1.165) is 29.0 Å². The van der Waals surface area contributed by atoms with Crippen molar-refractivity contribution in [3.8, 4) is 0 Å². The first-order chi connectivity index (χ1) is 17.0. The average Bonchev–Trinajstić information content (AvgIpc) is 2.85. The van der Waals surface area contributed by atoms with E-state index in [1.165, 1.54) is 44.1 Å². The molecule has 184 valence electrons. The fraction of sp³-hybridized carbons (Fsp3) is 0.464. The van der Waals surface area contributed by atoms with Gasteiger partial charge in [0.2, 0.25) is 11.8 Å². The highest BCUT2D eigenvalue weighted by atomic mass is 16.5. The van der Waals surface area contributed by atoms with E-state index in [1.54, 1.807) is 0 Å². The maximum Gasteiger partial charge on any atom is 0.407 e. The van der Waals surface area contributed by atoms with Gasteiger partial charge in [-0.05, 0) is 85.0 Å². The molecule has 0 saturated heterocycles. The molecule has 35 heavy (non-hydrogen) atoms. The second kappa shape index (κ2) is 10.1. The number of hydrogen-bond donors (Lipinski definition) is 3. The molecule has 0 unspecified atom stereocenters. The topological polar surface area (TPSA) is 96.5 Å². The highest BCUT2D eigenvalue weighted by Crippen LogP contribution is 2.60. The van der Waals surface area contributed by atoms with E-state index < -0.39 is 12.0 Å². The quantitative estimate of drug-likeness (QED) is 0.535. The zero-order valence-corrected chi connectivity index (χ0v) is 19.9.